The molecule has 108 valence electrons. The van der Waals surface area contributed by atoms with Crippen LogP contribution in [0.3, 0.4) is 0 Å². The van der Waals surface area contributed by atoms with Crippen LogP contribution >= 0.6 is 11.8 Å². The molecule has 0 fully saturated rings. The van der Waals surface area contributed by atoms with Gasteiger partial charge in [0.25, 0.3) is 5.91 Å². The molecule has 0 aliphatic rings. The lowest BCUT2D eigenvalue weighted by Gasteiger charge is -2.09. The molecule has 0 aromatic heterocycles. The van der Waals surface area contributed by atoms with E-state index in [1.807, 2.05) is 30.5 Å². The van der Waals surface area contributed by atoms with Crippen molar-refractivity contribution in [1.29, 1.82) is 0 Å². The molecule has 0 aliphatic carbocycles. The number of thioether (sulfide) groups is 1. The van der Waals surface area contributed by atoms with Crippen molar-refractivity contribution in [2.45, 2.75) is 11.8 Å². The maximum absolute atomic E-state index is 12.2. The van der Waals surface area contributed by atoms with Gasteiger partial charge in [0, 0.05) is 23.1 Å². The van der Waals surface area contributed by atoms with Crippen molar-refractivity contribution in [2.75, 3.05) is 16.9 Å². The third-order valence-corrected chi connectivity index (χ3v) is 3.62. The summed E-state index contributed by atoms with van der Waals surface area (Å²) in [6.45, 7) is 1.44. The second-order valence-corrected chi connectivity index (χ2v) is 5.26. The van der Waals surface area contributed by atoms with E-state index in [1.165, 1.54) is 6.92 Å². The molecule has 0 radical (unpaired) electrons. The Hall–Kier alpha value is -2.27. The zero-order chi connectivity index (χ0) is 15.2. The SMILES string of the molecule is CSc1ccccc1NC(=O)c1ccc(NC(C)=O)cc1. The molecule has 2 aromatic rings. The highest BCUT2D eigenvalue weighted by Gasteiger charge is 2.08. The zero-order valence-electron chi connectivity index (χ0n) is 11.8. The molecule has 4 nitrogen and oxygen atoms in total. The van der Waals surface area contributed by atoms with Gasteiger partial charge in [0.05, 0.1) is 5.69 Å². The van der Waals surface area contributed by atoms with Crippen molar-refractivity contribution >= 4 is 35.0 Å². The van der Waals surface area contributed by atoms with Gasteiger partial charge in [0.15, 0.2) is 0 Å². The normalized spacial score (nSPS) is 10.0. The molecule has 5 heteroatoms. The minimum Gasteiger partial charge on any atom is -0.326 e. The van der Waals surface area contributed by atoms with Crippen LogP contribution in [0.4, 0.5) is 11.4 Å². The van der Waals surface area contributed by atoms with Gasteiger partial charge in [-0.25, -0.2) is 0 Å². The van der Waals surface area contributed by atoms with Crippen LogP contribution in [0.25, 0.3) is 0 Å². The summed E-state index contributed by atoms with van der Waals surface area (Å²) in [5, 5.41) is 5.56. The molecule has 0 saturated heterocycles. The minimum absolute atomic E-state index is 0.138. The van der Waals surface area contributed by atoms with E-state index in [4.69, 9.17) is 0 Å². The van der Waals surface area contributed by atoms with Crippen LogP contribution in [0, 0.1) is 0 Å². The summed E-state index contributed by atoms with van der Waals surface area (Å²) in [7, 11) is 0. The van der Waals surface area contributed by atoms with Crippen molar-refractivity contribution in [3.05, 3.63) is 54.1 Å². The fourth-order valence-corrected chi connectivity index (χ4v) is 2.40. The van der Waals surface area contributed by atoms with E-state index in [9.17, 15) is 9.59 Å². The summed E-state index contributed by atoms with van der Waals surface area (Å²) >= 11 is 1.58. The van der Waals surface area contributed by atoms with Crippen LogP contribution in [0.1, 0.15) is 17.3 Å². The van der Waals surface area contributed by atoms with Crippen molar-refractivity contribution < 1.29 is 9.59 Å². The third-order valence-electron chi connectivity index (χ3n) is 2.82. The van der Waals surface area contributed by atoms with Crippen LogP contribution in [0.2, 0.25) is 0 Å². The summed E-state index contributed by atoms with van der Waals surface area (Å²) in [6, 6.07) is 14.4. The molecule has 2 rings (SSSR count). The van der Waals surface area contributed by atoms with E-state index in [-0.39, 0.29) is 11.8 Å². The monoisotopic (exact) mass is 300 g/mol. The Balaban J connectivity index is 2.11. The van der Waals surface area contributed by atoms with Crippen molar-refractivity contribution in [3.63, 3.8) is 0 Å². The Morgan fingerprint density at radius 3 is 2.24 bits per heavy atom. The van der Waals surface area contributed by atoms with E-state index in [0.29, 0.717) is 11.3 Å². The summed E-state index contributed by atoms with van der Waals surface area (Å²) in [5.74, 6) is -0.313. The first-order valence-corrected chi connectivity index (χ1v) is 7.64. The zero-order valence-corrected chi connectivity index (χ0v) is 12.7. The van der Waals surface area contributed by atoms with Gasteiger partial charge in [-0.15, -0.1) is 11.8 Å². The van der Waals surface area contributed by atoms with Gasteiger partial charge >= 0.3 is 0 Å². The molecule has 2 amide bonds. The van der Waals surface area contributed by atoms with Crippen LogP contribution in [-0.4, -0.2) is 18.1 Å². The molecule has 0 bridgehead atoms. The van der Waals surface area contributed by atoms with Crippen molar-refractivity contribution in [2.24, 2.45) is 0 Å². The number of para-hydroxylation sites is 1. The van der Waals surface area contributed by atoms with Crippen molar-refractivity contribution in [3.8, 4) is 0 Å². The number of hydrogen-bond acceptors (Lipinski definition) is 3. The first-order valence-electron chi connectivity index (χ1n) is 6.42. The first kappa shape index (κ1) is 15.1. The number of nitrogens with one attached hydrogen (secondary N) is 2. The molecular formula is C16H16N2O2S. The van der Waals surface area contributed by atoms with Gasteiger partial charge in [-0.05, 0) is 42.7 Å². The Morgan fingerprint density at radius 1 is 0.952 bits per heavy atom. The van der Waals surface area contributed by atoms with E-state index in [2.05, 4.69) is 10.6 Å². The average Bonchev–Trinajstić information content (AvgIpc) is 2.48. The fourth-order valence-electron chi connectivity index (χ4n) is 1.85. The van der Waals surface area contributed by atoms with E-state index in [1.54, 1.807) is 36.0 Å². The van der Waals surface area contributed by atoms with Gasteiger partial charge in [-0.3, -0.25) is 9.59 Å². The number of carbonyl (C=O) groups excluding carboxylic acids is 2. The lowest BCUT2D eigenvalue weighted by Crippen LogP contribution is -2.13. The van der Waals surface area contributed by atoms with E-state index < -0.39 is 0 Å². The topological polar surface area (TPSA) is 58.2 Å². The Labute approximate surface area is 127 Å². The molecule has 21 heavy (non-hydrogen) atoms. The fraction of sp³-hybridized carbons (Fsp3) is 0.125. The molecule has 0 heterocycles. The molecule has 0 saturated carbocycles. The lowest BCUT2D eigenvalue weighted by molar-refractivity contribution is -0.114. The number of benzene rings is 2. The average molecular weight is 300 g/mol. The number of anilines is 2. The summed E-state index contributed by atoms with van der Waals surface area (Å²) < 4.78 is 0. The molecule has 2 N–H and O–H groups in total. The summed E-state index contributed by atoms with van der Waals surface area (Å²) in [4.78, 5) is 24.2. The smallest absolute Gasteiger partial charge is 0.255 e. The highest BCUT2D eigenvalue weighted by molar-refractivity contribution is 7.98. The van der Waals surface area contributed by atoms with Crippen molar-refractivity contribution in [1.82, 2.24) is 0 Å². The second kappa shape index (κ2) is 6.95. The molecule has 0 unspecified atom stereocenters. The van der Waals surface area contributed by atoms with E-state index in [0.717, 1.165) is 10.6 Å². The van der Waals surface area contributed by atoms with Gasteiger partial charge in [-0.2, -0.15) is 0 Å². The maximum atomic E-state index is 12.2. The maximum Gasteiger partial charge on any atom is 0.255 e. The number of hydrogen-bond donors (Lipinski definition) is 2. The molecule has 0 atom stereocenters. The van der Waals surface area contributed by atoms with Crippen LogP contribution < -0.4 is 10.6 Å². The Morgan fingerprint density at radius 2 is 1.62 bits per heavy atom. The number of amides is 2. The summed E-state index contributed by atoms with van der Waals surface area (Å²) in [5.41, 5.74) is 2.00. The first-order chi connectivity index (χ1) is 10.1. The van der Waals surface area contributed by atoms with Gasteiger partial charge < -0.3 is 10.6 Å². The second-order valence-electron chi connectivity index (χ2n) is 4.41. The van der Waals surface area contributed by atoms with Crippen LogP contribution in [0.15, 0.2) is 53.4 Å². The quantitative estimate of drug-likeness (QED) is 0.848. The predicted octanol–water partition coefficient (Wildman–Crippen LogP) is 3.62. The van der Waals surface area contributed by atoms with Gasteiger partial charge in [-0.1, -0.05) is 12.1 Å². The molecular weight excluding hydrogens is 284 g/mol. The van der Waals surface area contributed by atoms with Crippen LogP contribution in [0.5, 0.6) is 0 Å². The van der Waals surface area contributed by atoms with Crippen LogP contribution in [-0.2, 0) is 4.79 Å². The summed E-state index contributed by atoms with van der Waals surface area (Å²) in [6.07, 6.45) is 1.97. The molecule has 0 spiro atoms. The molecule has 0 aliphatic heterocycles. The third kappa shape index (κ3) is 4.10. The van der Waals surface area contributed by atoms with Gasteiger partial charge in [0.2, 0.25) is 5.91 Å². The minimum atomic E-state index is -0.175. The van der Waals surface area contributed by atoms with Gasteiger partial charge in [0.1, 0.15) is 0 Å². The Bertz CT molecular complexity index is 654. The largest absolute Gasteiger partial charge is 0.326 e. The Kier molecular flexibility index (Phi) is 5.00. The lowest BCUT2D eigenvalue weighted by atomic mass is 10.2. The standard InChI is InChI=1S/C16H16N2O2S/c1-11(19)17-13-9-7-12(8-10-13)16(20)18-14-5-3-4-6-15(14)21-2/h3-10H,1-2H3,(H,17,19)(H,18,20). The van der Waals surface area contributed by atoms with E-state index >= 15 is 0 Å². The highest BCUT2D eigenvalue weighted by Crippen LogP contribution is 2.25. The number of rotatable bonds is 4. The highest BCUT2D eigenvalue weighted by atomic mass is 32.2. The molecule has 2 aromatic carbocycles. The predicted molar refractivity (Wildman–Crippen MR) is 86.9 cm³/mol. The number of carbonyl (C=O) groups is 2.